The number of aryl methyl sites for hydroxylation is 1. The average molecular weight is 311 g/mol. The van der Waals surface area contributed by atoms with Gasteiger partial charge in [0.15, 0.2) is 11.5 Å². The Labute approximate surface area is 138 Å². The quantitative estimate of drug-likeness (QED) is 0.837. The summed E-state index contributed by atoms with van der Waals surface area (Å²) in [6.07, 6.45) is 3.26. The van der Waals surface area contributed by atoms with Crippen LogP contribution in [0.2, 0.25) is 0 Å². The van der Waals surface area contributed by atoms with Gasteiger partial charge in [0.1, 0.15) is 0 Å². The zero-order valence-corrected chi connectivity index (χ0v) is 14.2. The van der Waals surface area contributed by atoms with E-state index >= 15 is 0 Å². The second-order valence-corrected chi connectivity index (χ2v) is 6.18. The van der Waals surface area contributed by atoms with E-state index in [1.807, 2.05) is 0 Å². The summed E-state index contributed by atoms with van der Waals surface area (Å²) in [5, 5.41) is 0. The zero-order valence-electron chi connectivity index (χ0n) is 14.2. The van der Waals surface area contributed by atoms with Crippen molar-refractivity contribution in [2.24, 2.45) is 0 Å². The maximum atomic E-state index is 5.51. The molecule has 0 radical (unpaired) electrons. The number of likely N-dealkylation sites (N-methyl/N-ethyl adjacent to an activating group) is 1. The van der Waals surface area contributed by atoms with E-state index in [0.717, 1.165) is 37.3 Å². The van der Waals surface area contributed by atoms with Crippen LogP contribution in [0.1, 0.15) is 29.2 Å². The first-order valence-electron chi connectivity index (χ1n) is 8.22. The van der Waals surface area contributed by atoms with Gasteiger partial charge >= 0.3 is 0 Å². The fourth-order valence-corrected chi connectivity index (χ4v) is 3.48. The summed E-state index contributed by atoms with van der Waals surface area (Å²) in [6.45, 7) is 1.09. The number of benzene rings is 2. The number of fused-ring (bicyclic) bond motifs is 1. The van der Waals surface area contributed by atoms with Gasteiger partial charge in [0.2, 0.25) is 0 Å². The largest absolute Gasteiger partial charge is 0.493 e. The lowest BCUT2D eigenvalue weighted by molar-refractivity contribution is 0.218. The van der Waals surface area contributed by atoms with Crippen LogP contribution in [0.3, 0.4) is 0 Å². The highest BCUT2D eigenvalue weighted by Gasteiger charge is 2.26. The number of methoxy groups -OCH3 is 2. The average Bonchev–Trinajstić information content (AvgIpc) is 2.60. The van der Waals surface area contributed by atoms with Gasteiger partial charge in [-0.25, -0.2) is 0 Å². The van der Waals surface area contributed by atoms with Crippen molar-refractivity contribution in [2.75, 3.05) is 27.8 Å². The van der Waals surface area contributed by atoms with Crippen molar-refractivity contribution < 1.29 is 9.47 Å². The molecule has 1 aliphatic rings. The molecule has 0 aromatic heterocycles. The third-order valence-electron chi connectivity index (χ3n) is 4.82. The summed E-state index contributed by atoms with van der Waals surface area (Å²) in [4.78, 5) is 2.46. The third kappa shape index (κ3) is 3.35. The molecule has 1 atom stereocenters. The molecule has 2 aromatic carbocycles. The molecular weight excluding hydrogens is 286 g/mol. The van der Waals surface area contributed by atoms with E-state index < -0.39 is 0 Å². The van der Waals surface area contributed by atoms with Crippen LogP contribution in [-0.4, -0.2) is 32.7 Å². The Kier molecular flexibility index (Phi) is 4.87. The molecule has 0 spiro atoms. The van der Waals surface area contributed by atoms with Crippen LogP contribution >= 0.6 is 0 Å². The summed E-state index contributed by atoms with van der Waals surface area (Å²) in [5.74, 6) is 1.66. The topological polar surface area (TPSA) is 21.7 Å². The van der Waals surface area contributed by atoms with Crippen LogP contribution in [0.4, 0.5) is 0 Å². The molecular formula is C20H25NO2. The minimum Gasteiger partial charge on any atom is -0.493 e. The molecule has 3 nitrogen and oxygen atoms in total. The molecule has 122 valence electrons. The van der Waals surface area contributed by atoms with Crippen LogP contribution in [0.15, 0.2) is 42.5 Å². The monoisotopic (exact) mass is 311 g/mol. The number of rotatable bonds is 5. The van der Waals surface area contributed by atoms with E-state index in [0.29, 0.717) is 6.04 Å². The van der Waals surface area contributed by atoms with E-state index in [1.165, 1.54) is 16.7 Å². The van der Waals surface area contributed by atoms with E-state index in [2.05, 4.69) is 54.4 Å². The number of nitrogens with zero attached hydrogens (tertiary/aromatic N) is 1. The first kappa shape index (κ1) is 15.9. The minimum absolute atomic E-state index is 0.429. The normalized spacial score (nSPS) is 17.6. The molecule has 0 unspecified atom stereocenters. The molecule has 2 aromatic rings. The van der Waals surface area contributed by atoms with Crippen molar-refractivity contribution in [3.63, 3.8) is 0 Å². The summed E-state index contributed by atoms with van der Waals surface area (Å²) in [6, 6.07) is 15.5. The van der Waals surface area contributed by atoms with Crippen LogP contribution in [0, 0.1) is 0 Å². The van der Waals surface area contributed by atoms with E-state index in [1.54, 1.807) is 14.2 Å². The predicted molar refractivity (Wildman–Crippen MR) is 93.4 cm³/mol. The van der Waals surface area contributed by atoms with Crippen LogP contribution in [-0.2, 0) is 12.8 Å². The van der Waals surface area contributed by atoms with Crippen LogP contribution < -0.4 is 9.47 Å². The molecule has 3 heteroatoms. The SMILES string of the molecule is COc1cc2c(cc1OC)[C@@H](CCc1ccccc1)N(C)CC2. The lowest BCUT2D eigenvalue weighted by Crippen LogP contribution is -2.32. The van der Waals surface area contributed by atoms with Crippen molar-refractivity contribution in [1.82, 2.24) is 4.90 Å². The second-order valence-electron chi connectivity index (χ2n) is 6.18. The molecule has 3 rings (SSSR count). The fourth-order valence-electron chi connectivity index (χ4n) is 3.48. The van der Waals surface area contributed by atoms with Gasteiger partial charge in [0.25, 0.3) is 0 Å². The third-order valence-corrected chi connectivity index (χ3v) is 4.82. The molecule has 0 fully saturated rings. The maximum absolute atomic E-state index is 5.51. The zero-order chi connectivity index (χ0) is 16.2. The summed E-state index contributed by atoms with van der Waals surface area (Å²) in [7, 11) is 5.62. The first-order valence-corrected chi connectivity index (χ1v) is 8.22. The molecule has 0 saturated carbocycles. The molecule has 0 amide bonds. The second kappa shape index (κ2) is 7.05. The van der Waals surface area contributed by atoms with E-state index in [-0.39, 0.29) is 0 Å². The predicted octanol–water partition coefficient (Wildman–Crippen LogP) is 3.87. The van der Waals surface area contributed by atoms with E-state index in [4.69, 9.17) is 9.47 Å². The summed E-state index contributed by atoms with van der Waals surface area (Å²) in [5.41, 5.74) is 4.17. The Morgan fingerprint density at radius 3 is 2.43 bits per heavy atom. The Balaban J connectivity index is 1.86. The van der Waals surface area contributed by atoms with Gasteiger partial charge in [-0.15, -0.1) is 0 Å². The van der Waals surface area contributed by atoms with Crippen molar-refractivity contribution in [2.45, 2.75) is 25.3 Å². The maximum Gasteiger partial charge on any atom is 0.161 e. The standard InChI is InChI=1S/C20H25NO2/c1-21-12-11-16-13-19(22-2)20(23-3)14-17(16)18(21)10-9-15-7-5-4-6-8-15/h4-8,13-14,18H,9-12H2,1-3H3/t18-/m1/s1. The van der Waals surface area contributed by atoms with Gasteiger partial charge in [0.05, 0.1) is 14.2 Å². The Morgan fingerprint density at radius 2 is 1.74 bits per heavy atom. The van der Waals surface area contributed by atoms with Crippen molar-refractivity contribution in [3.05, 3.63) is 59.2 Å². The number of ether oxygens (including phenoxy) is 2. The lowest BCUT2D eigenvalue weighted by atomic mass is 9.89. The molecule has 1 heterocycles. The molecule has 0 N–H and O–H groups in total. The first-order chi connectivity index (χ1) is 11.2. The van der Waals surface area contributed by atoms with E-state index in [9.17, 15) is 0 Å². The summed E-state index contributed by atoms with van der Waals surface area (Å²) < 4.78 is 11.0. The fraction of sp³-hybridized carbons (Fsp3) is 0.400. The molecule has 0 aliphatic carbocycles. The van der Waals surface area contributed by atoms with Crippen molar-refractivity contribution in [3.8, 4) is 11.5 Å². The van der Waals surface area contributed by atoms with Gasteiger partial charge < -0.3 is 9.47 Å². The van der Waals surface area contributed by atoms with Crippen molar-refractivity contribution in [1.29, 1.82) is 0 Å². The van der Waals surface area contributed by atoms with Gasteiger partial charge in [0, 0.05) is 12.6 Å². The molecule has 0 saturated heterocycles. The molecule has 1 aliphatic heterocycles. The van der Waals surface area contributed by atoms with Gasteiger partial charge in [-0.3, -0.25) is 4.90 Å². The minimum atomic E-state index is 0.429. The summed E-state index contributed by atoms with van der Waals surface area (Å²) >= 11 is 0. The molecule has 0 bridgehead atoms. The highest BCUT2D eigenvalue weighted by molar-refractivity contribution is 5.49. The van der Waals surface area contributed by atoms with Crippen LogP contribution in [0.5, 0.6) is 11.5 Å². The van der Waals surface area contributed by atoms with Gasteiger partial charge in [-0.05, 0) is 55.1 Å². The Hall–Kier alpha value is -2.00. The Morgan fingerprint density at radius 1 is 1.04 bits per heavy atom. The highest BCUT2D eigenvalue weighted by Crippen LogP contribution is 2.39. The van der Waals surface area contributed by atoms with Crippen molar-refractivity contribution >= 4 is 0 Å². The van der Waals surface area contributed by atoms with Crippen LogP contribution in [0.25, 0.3) is 0 Å². The highest BCUT2D eigenvalue weighted by atomic mass is 16.5. The van der Waals surface area contributed by atoms with Gasteiger partial charge in [-0.1, -0.05) is 30.3 Å². The number of hydrogen-bond acceptors (Lipinski definition) is 3. The smallest absolute Gasteiger partial charge is 0.161 e. The lowest BCUT2D eigenvalue weighted by Gasteiger charge is -2.35. The number of hydrogen-bond donors (Lipinski definition) is 0. The molecule has 23 heavy (non-hydrogen) atoms. The van der Waals surface area contributed by atoms with Gasteiger partial charge in [-0.2, -0.15) is 0 Å². The Bertz CT molecular complexity index is 654.